The van der Waals surface area contributed by atoms with Crippen LogP contribution >= 0.6 is 0 Å². The number of ether oxygens (including phenoxy) is 2. The lowest BCUT2D eigenvalue weighted by atomic mass is 9.89. The first-order chi connectivity index (χ1) is 13.3. The zero-order valence-electron chi connectivity index (χ0n) is 16.8. The molecule has 3 rings (SSSR count). The molecule has 0 amide bonds. The van der Waals surface area contributed by atoms with Gasteiger partial charge >= 0.3 is 0 Å². The summed E-state index contributed by atoms with van der Waals surface area (Å²) < 4.78 is 39.8. The molecule has 1 aliphatic rings. The van der Waals surface area contributed by atoms with E-state index in [4.69, 9.17) is 9.47 Å². The zero-order valence-corrected chi connectivity index (χ0v) is 16.8. The average Bonchev–Trinajstić information content (AvgIpc) is 2.64. The van der Waals surface area contributed by atoms with Crippen molar-refractivity contribution in [3.05, 3.63) is 64.2 Å². The molecule has 1 heterocycles. The van der Waals surface area contributed by atoms with Crippen molar-refractivity contribution in [3.8, 4) is 0 Å². The third-order valence-corrected chi connectivity index (χ3v) is 5.08. The van der Waals surface area contributed by atoms with Gasteiger partial charge in [-0.3, -0.25) is 0 Å². The van der Waals surface area contributed by atoms with Gasteiger partial charge in [0, 0.05) is 25.2 Å². The predicted octanol–water partition coefficient (Wildman–Crippen LogP) is 4.64. The topological polar surface area (TPSA) is 34.1 Å². The second-order valence-electron chi connectivity index (χ2n) is 7.30. The van der Waals surface area contributed by atoms with E-state index in [0.717, 1.165) is 17.7 Å². The van der Waals surface area contributed by atoms with Crippen LogP contribution in [-0.4, -0.2) is 38.0 Å². The monoisotopic (exact) mass is 388 g/mol. The van der Waals surface area contributed by atoms with Crippen molar-refractivity contribution in [2.75, 3.05) is 26.8 Å². The van der Waals surface area contributed by atoms with Crippen molar-refractivity contribution < 1.29 is 18.3 Å². The maximum atomic E-state index is 14.9. The van der Waals surface area contributed by atoms with E-state index in [1.807, 2.05) is 25.8 Å². The molecule has 0 spiro atoms. The Morgan fingerprint density at radius 1 is 1.14 bits per heavy atom. The summed E-state index contributed by atoms with van der Waals surface area (Å²) in [6.07, 6.45) is 1.69. The quantitative estimate of drug-likeness (QED) is 0.512. The van der Waals surface area contributed by atoms with Gasteiger partial charge in [-0.1, -0.05) is 12.1 Å². The molecule has 28 heavy (non-hydrogen) atoms. The van der Waals surface area contributed by atoms with Crippen LogP contribution in [0.2, 0.25) is 0 Å². The van der Waals surface area contributed by atoms with Crippen LogP contribution in [0.1, 0.15) is 29.2 Å². The van der Waals surface area contributed by atoms with Gasteiger partial charge in [-0.2, -0.15) is 0 Å². The molecule has 4 nitrogen and oxygen atoms in total. The molecule has 0 N–H and O–H groups in total. The van der Waals surface area contributed by atoms with Crippen LogP contribution in [0, 0.1) is 25.5 Å². The fourth-order valence-electron chi connectivity index (χ4n) is 3.02. The van der Waals surface area contributed by atoms with E-state index in [1.165, 1.54) is 12.1 Å². The number of rotatable bonds is 7. The van der Waals surface area contributed by atoms with E-state index in [1.54, 1.807) is 31.5 Å². The predicted molar refractivity (Wildman–Crippen MR) is 106 cm³/mol. The van der Waals surface area contributed by atoms with E-state index in [2.05, 4.69) is 4.99 Å². The molecule has 0 atom stereocenters. The van der Waals surface area contributed by atoms with Gasteiger partial charge in [0.1, 0.15) is 17.2 Å². The minimum Gasteiger partial charge on any atom is -0.375 e. The Balaban J connectivity index is 1.82. The average molecular weight is 388 g/mol. The Labute approximate surface area is 164 Å². The molecule has 6 heteroatoms. The van der Waals surface area contributed by atoms with Gasteiger partial charge in [0.15, 0.2) is 0 Å². The van der Waals surface area contributed by atoms with Gasteiger partial charge in [0.05, 0.1) is 31.8 Å². The highest BCUT2D eigenvalue weighted by Crippen LogP contribution is 2.38. The van der Waals surface area contributed by atoms with Crippen LogP contribution in [0.15, 0.2) is 35.3 Å². The smallest absolute Gasteiger partial charge is 0.143 e. The third-order valence-electron chi connectivity index (χ3n) is 5.08. The molecule has 2 aromatic rings. The summed E-state index contributed by atoms with van der Waals surface area (Å²) in [5, 5.41) is 0. The largest absolute Gasteiger partial charge is 0.375 e. The van der Waals surface area contributed by atoms with Crippen LogP contribution in [0.4, 0.5) is 14.5 Å². The Morgan fingerprint density at radius 3 is 2.50 bits per heavy atom. The molecule has 1 fully saturated rings. The molecule has 0 unspecified atom stereocenters. The highest BCUT2D eigenvalue weighted by atomic mass is 19.1. The minimum atomic E-state index is -0.834. The van der Waals surface area contributed by atoms with Gasteiger partial charge in [-0.15, -0.1) is 0 Å². The first kappa shape index (κ1) is 20.4. The summed E-state index contributed by atoms with van der Waals surface area (Å²) >= 11 is 0. The Bertz CT molecular complexity index is 879. The van der Waals surface area contributed by atoms with Crippen LogP contribution in [0.5, 0.6) is 0 Å². The molecule has 0 aromatic heterocycles. The number of hydrogen-bond acceptors (Lipinski definition) is 3. The fraction of sp³-hybridized carbons (Fsp3) is 0.409. The summed E-state index contributed by atoms with van der Waals surface area (Å²) in [4.78, 5) is 6.29. The van der Waals surface area contributed by atoms with Crippen molar-refractivity contribution >= 4 is 12.0 Å². The van der Waals surface area contributed by atoms with Gasteiger partial charge in [-0.25, -0.2) is 13.8 Å². The summed E-state index contributed by atoms with van der Waals surface area (Å²) in [7, 11) is 1.91. The van der Waals surface area contributed by atoms with E-state index in [-0.39, 0.29) is 31.5 Å². The number of nitrogens with zero attached hydrogens (tertiary/aromatic N) is 2. The molecular formula is C22H26F2N2O2. The van der Waals surface area contributed by atoms with Gasteiger partial charge in [0.2, 0.25) is 0 Å². The molecule has 1 saturated heterocycles. The first-order valence-electron chi connectivity index (χ1n) is 9.36. The molecule has 1 aliphatic heterocycles. The van der Waals surface area contributed by atoms with Crippen molar-refractivity contribution in [2.24, 2.45) is 4.99 Å². The summed E-state index contributed by atoms with van der Waals surface area (Å²) in [5.41, 5.74) is 2.49. The van der Waals surface area contributed by atoms with E-state index in [9.17, 15) is 8.78 Å². The Morgan fingerprint density at radius 2 is 1.89 bits per heavy atom. The molecule has 0 aliphatic carbocycles. The standard InChI is InChI=1S/C22H26F2N2O2/c1-5-26(4)14-25-21-10-20(24)18(9-16(21)3)22(12-27-13-22)28-11-17-6-7-19(23)15(2)8-17/h6-10,14H,5,11-13H2,1-4H3. The highest BCUT2D eigenvalue weighted by molar-refractivity contribution is 5.63. The fourth-order valence-corrected chi connectivity index (χ4v) is 3.02. The Hall–Kier alpha value is -2.31. The highest BCUT2D eigenvalue weighted by Gasteiger charge is 2.44. The molecular weight excluding hydrogens is 362 g/mol. The summed E-state index contributed by atoms with van der Waals surface area (Å²) in [6.45, 7) is 7.26. The zero-order chi connectivity index (χ0) is 20.3. The van der Waals surface area contributed by atoms with E-state index in [0.29, 0.717) is 16.8 Å². The lowest BCUT2D eigenvalue weighted by Gasteiger charge is -2.42. The second kappa shape index (κ2) is 8.37. The Kier molecular flexibility index (Phi) is 6.10. The van der Waals surface area contributed by atoms with Crippen LogP contribution < -0.4 is 0 Å². The summed E-state index contributed by atoms with van der Waals surface area (Å²) in [5.74, 6) is -0.618. The van der Waals surface area contributed by atoms with Crippen molar-refractivity contribution in [1.29, 1.82) is 0 Å². The maximum absolute atomic E-state index is 14.9. The lowest BCUT2D eigenvalue weighted by molar-refractivity contribution is -0.224. The van der Waals surface area contributed by atoms with Crippen LogP contribution in [-0.2, 0) is 21.7 Å². The van der Waals surface area contributed by atoms with E-state index < -0.39 is 5.60 Å². The normalized spacial score (nSPS) is 15.6. The minimum absolute atomic E-state index is 0.253. The number of hydrogen-bond donors (Lipinski definition) is 0. The van der Waals surface area contributed by atoms with Crippen molar-refractivity contribution in [1.82, 2.24) is 4.90 Å². The SMILES string of the molecule is CCN(C)C=Nc1cc(F)c(C2(OCc3ccc(F)c(C)c3)COC2)cc1C. The first-order valence-corrected chi connectivity index (χ1v) is 9.36. The molecule has 0 radical (unpaired) electrons. The van der Waals surface area contributed by atoms with Crippen LogP contribution in [0.25, 0.3) is 0 Å². The third kappa shape index (κ3) is 4.23. The number of aryl methyl sites for hydroxylation is 2. The number of halogens is 2. The maximum Gasteiger partial charge on any atom is 0.143 e. The van der Waals surface area contributed by atoms with Crippen molar-refractivity contribution in [3.63, 3.8) is 0 Å². The molecule has 2 aromatic carbocycles. The second-order valence-corrected chi connectivity index (χ2v) is 7.30. The van der Waals surface area contributed by atoms with Gasteiger partial charge in [-0.05, 0) is 49.6 Å². The molecule has 0 bridgehead atoms. The van der Waals surface area contributed by atoms with Gasteiger partial charge in [0.25, 0.3) is 0 Å². The molecule has 150 valence electrons. The van der Waals surface area contributed by atoms with Crippen molar-refractivity contribution in [2.45, 2.75) is 33.0 Å². The van der Waals surface area contributed by atoms with Crippen LogP contribution in [0.3, 0.4) is 0 Å². The molecule has 0 saturated carbocycles. The summed E-state index contributed by atoms with van der Waals surface area (Å²) in [6, 6.07) is 8.07. The van der Waals surface area contributed by atoms with E-state index >= 15 is 0 Å². The van der Waals surface area contributed by atoms with Gasteiger partial charge < -0.3 is 14.4 Å². The number of aliphatic imine (C=N–C) groups is 1. The number of benzene rings is 2. The lowest BCUT2D eigenvalue weighted by Crippen LogP contribution is -2.49.